The van der Waals surface area contributed by atoms with Crippen LogP contribution in [0.2, 0.25) is 0 Å². The van der Waals surface area contributed by atoms with E-state index in [-0.39, 0.29) is 10.8 Å². The normalized spacial score (nSPS) is 12.9. The topological polar surface area (TPSA) is 42.2 Å². The first-order valence-electron chi connectivity index (χ1n) is 13.3. The van der Waals surface area contributed by atoms with Gasteiger partial charge in [0.05, 0.1) is 23.9 Å². The Labute approximate surface area is 237 Å². The molecular weight excluding hydrogens is 506 g/mol. The van der Waals surface area contributed by atoms with Gasteiger partial charge in [-0.2, -0.15) is 0 Å². The molecule has 1 aliphatic rings. The van der Waals surface area contributed by atoms with E-state index in [2.05, 4.69) is 46.6 Å². The van der Waals surface area contributed by atoms with Crippen molar-refractivity contribution in [2.45, 2.75) is 19.3 Å². The zero-order valence-corrected chi connectivity index (χ0v) is 22.5. The molecule has 7 rings (SSSR count). The highest BCUT2D eigenvalue weighted by Gasteiger charge is 2.37. The van der Waals surface area contributed by atoms with Gasteiger partial charge in [0.15, 0.2) is 11.4 Å². The summed E-state index contributed by atoms with van der Waals surface area (Å²) in [7, 11) is 0. The maximum Gasteiger partial charge on any atom is 0.200 e. The summed E-state index contributed by atoms with van der Waals surface area (Å²) in [6.45, 7) is 19.1. The van der Waals surface area contributed by atoms with E-state index in [1.807, 2.05) is 84.9 Å². The molecule has 194 valence electrons. The van der Waals surface area contributed by atoms with Crippen molar-refractivity contribution >= 4 is 50.4 Å². The maximum absolute atomic E-state index is 13.4. The Morgan fingerprint density at radius 3 is 1.85 bits per heavy atom. The van der Waals surface area contributed by atoms with Crippen LogP contribution in [0.1, 0.15) is 25.0 Å². The second-order valence-electron chi connectivity index (χ2n) is 10.8. The molecule has 0 amide bonds. The van der Waals surface area contributed by atoms with Gasteiger partial charge < -0.3 is 9.32 Å². The van der Waals surface area contributed by atoms with Gasteiger partial charge in [-0.15, -0.1) is 0 Å². The molecule has 5 heteroatoms. The zero-order valence-electron chi connectivity index (χ0n) is 22.5. The number of hydrogen-bond acceptors (Lipinski definition) is 3. The summed E-state index contributed by atoms with van der Waals surface area (Å²) in [4.78, 5) is 22.6. The van der Waals surface area contributed by atoms with Crippen LogP contribution in [-0.2, 0) is 5.41 Å². The van der Waals surface area contributed by atoms with Crippen LogP contribution >= 0.6 is 0 Å². The zero-order chi connectivity index (χ0) is 28.3. The Balaban J connectivity index is 1.41. The summed E-state index contributed by atoms with van der Waals surface area (Å²) < 4.78 is 6.20. The van der Waals surface area contributed by atoms with E-state index in [1.165, 1.54) is 0 Å². The highest BCUT2D eigenvalue weighted by atomic mass is 16.3. The number of hydrogen-bond donors (Lipinski definition) is 0. The van der Waals surface area contributed by atoms with Crippen LogP contribution in [-0.4, -0.2) is 0 Å². The van der Waals surface area contributed by atoms with Gasteiger partial charge in [-0.25, -0.2) is 9.69 Å². The minimum absolute atomic E-state index is 0.0195. The van der Waals surface area contributed by atoms with Crippen LogP contribution in [0.5, 0.6) is 0 Å². The minimum atomic E-state index is -0.361. The van der Waals surface area contributed by atoms with E-state index in [1.54, 1.807) is 0 Å². The van der Waals surface area contributed by atoms with Crippen molar-refractivity contribution in [1.29, 1.82) is 0 Å². The first-order valence-corrected chi connectivity index (χ1v) is 13.3. The minimum Gasteiger partial charge on any atom is -0.456 e. The van der Waals surface area contributed by atoms with E-state index in [4.69, 9.17) is 17.6 Å². The summed E-state index contributed by atoms with van der Waals surface area (Å²) in [5.74, 6) is 0. The van der Waals surface area contributed by atoms with Crippen molar-refractivity contribution in [2.24, 2.45) is 0 Å². The average molecular weight is 530 g/mol. The van der Waals surface area contributed by atoms with Gasteiger partial charge in [-0.05, 0) is 82.9 Å². The molecule has 0 bridgehead atoms. The molecule has 0 fully saturated rings. The Hall–Kier alpha value is -5.65. The number of para-hydroxylation sites is 1. The molecule has 5 nitrogen and oxygen atoms in total. The fourth-order valence-corrected chi connectivity index (χ4v) is 5.96. The summed E-state index contributed by atoms with van der Waals surface area (Å²) in [6, 6.07) is 32.9. The molecule has 0 spiro atoms. The molecule has 1 aliphatic carbocycles. The monoisotopic (exact) mass is 529 g/mol. The van der Waals surface area contributed by atoms with E-state index in [9.17, 15) is 4.79 Å². The van der Waals surface area contributed by atoms with Gasteiger partial charge in [-0.1, -0.05) is 56.3 Å². The maximum atomic E-state index is 13.4. The van der Waals surface area contributed by atoms with Crippen LogP contribution in [0, 0.1) is 13.1 Å². The van der Waals surface area contributed by atoms with Gasteiger partial charge in [-0.3, -0.25) is 4.79 Å². The van der Waals surface area contributed by atoms with E-state index >= 15 is 0 Å². The third-order valence-electron chi connectivity index (χ3n) is 8.09. The molecule has 0 unspecified atom stereocenters. The molecule has 0 saturated heterocycles. The average Bonchev–Trinajstić information content (AvgIpc) is 3.22. The SMILES string of the molecule is [C-]#[N+]c1ccc(N(c2ccc([N+]#[C-])cc2)c2ccc3c(c2)C(C)(C)c2cc4c(=O)c5ccccc5oc4cc2-3)cc1. The lowest BCUT2D eigenvalue weighted by molar-refractivity contribution is 0.652. The molecule has 1 heterocycles. The second-order valence-corrected chi connectivity index (χ2v) is 10.8. The smallest absolute Gasteiger partial charge is 0.200 e. The first-order chi connectivity index (χ1) is 19.9. The quantitative estimate of drug-likeness (QED) is 0.169. The summed E-state index contributed by atoms with van der Waals surface area (Å²) in [6.07, 6.45) is 0. The predicted octanol–water partition coefficient (Wildman–Crippen LogP) is 9.82. The van der Waals surface area contributed by atoms with Crippen molar-refractivity contribution in [1.82, 2.24) is 0 Å². The number of benzene rings is 5. The second kappa shape index (κ2) is 8.95. The third-order valence-corrected chi connectivity index (χ3v) is 8.09. The first kappa shape index (κ1) is 24.4. The molecule has 0 N–H and O–H groups in total. The fourth-order valence-electron chi connectivity index (χ4n) is 5.96. The molecule has 0 aliphatic heterocycles. The van der Waals surface area contributed by atoms with Crippen molar-refractivity contribution in [3.8, 4) is 11.1 Å². The Morgan fingerprint density at radius 2 is 1.22 bits per heavy atom. The van der Waals surface area contributed by atoms with Gasteiger partial charge in [0.1, 0.15) is 11.2 Å². The number of nitrogens with zero attached hydrogens (tertiary/aromatic N) is 3. The van der Waals surface area contributed by atoms with Crippen molar-refractivity contribution in [3.05, 3.63) is 147 Å². The molecule has 6 aromatic rings. The molecule has 1 aromatic heterocycles. The van der Waals surface area contributed by atoms with Crippen LogP contribution in [0.3, 0.4) is 0 Å². The molecule has 5 aromatic carbocycles. The Bertz CT molecular complexity index is 2100. The number of rotatable bonds is 3. The largest absolute Gasteiger partial charge is 0.456 e. The lowest BCUT2D eigenvalue weighted by atomic mass is 9.82. The highest BCUT2D eigenvalue weighted by Crippen LogP contribution is 2.51. The van der Waals surface area contributed by atoms with Crippen LogP contribution in [0.25, 0.3) is 42.8 Å². The lowest BCUT2D eigenvalue weighted by Crippen LogP contribution is -2.17. The standard InChI is InChI=1S/C36H23N3O2/c1-36(2)31-19-26(39(24-13-9-22(37-3)10-14-24)25-15-11-23(38-4)12-16-25)17-18-27(31)29-21-34-30(20-32(29)36)35(40)28-7-5-6-8-33(28)41-34/h5-21H,1-2H3. The van der Waals surface area contributed by atoms with Crippen LogP contribution in [0.15, 0.2) is 112 Å². The lowest BCUT2D eigenvalue weighted by Gasteiger charge is -2.28. The van der Waals surface area contributed by atoms with Gasteiger partial charge >= 0.3 is 0 Å². The Morgan fingerprint density at radius 1 is 0.634 bits per heavy atom. The molecule has 41 heavy (non-hydrogen) atoms. The van der Waals surface area contributed by atoms with Crippen molar-refractivity contribution < 1.29 is 4.42 Å². The third kappa shape index (κ3) is 3.72. The van der Waals surface area contributed by atoms with E-state index in [0.29, 0.717) is 33.3 Å². The van der Waals surface area contributed by atoms with E-state index < -0.39 is 0 Å². The number of fused-ring (bicyclic) bond motifs is 5. The molecule has 0 atom stereocenters. The van der Waals surface area contributed by atoms with Crippen molar-refractivity contribution in [3.63, 3.8) is 0 Å². The molecular formula is C36H23N3O2. The summed E-state index contributed by atoms with van der Waals surface area (Å²) in [5.41, 5.74) is 9.14. The van der Waals surface area contributed by atoms with Crippen molar-refractivity contribution in [2.75, 3.05) is 4.90 Å². The van der Waals surface area contributed by atoms with Crippen LogP contribution in [0.4, 0.5) is 28.4 Å². The predicted molar refractivity (Wildman–Crippen MR) is 165 cm³/mol. The van der Waals surface area contributed by atoms with Gasteiger partial charge in [0, 0.05) is 22.5 Å². The van der Waals surface area contributed by atoms with Crippen LogP contribution < -0.4 is 10.3 Å². The molecule has 0 saturated carbocycles. The molecule has 0 radical (unpaired) electrons. The van der Waals surface area contributed by atoms with E-state index in [0.717, 1.165) is 39.3 Å². The summed E-state index contributed by atoms with van der Waals surface area (Å²) >= 11 is 0. The van der Waals surface area contributed by atoms with Gasteiger partial charge in [0.2, 0.25) is 5.43 Å². The summed E-state index contributed by atoms with van der Waals surface area (Å²) in [5, 5.41) is 1.17. The van der Waals surface area contributed by atoms with Gasteiger partial charge in [0.25, 0.3) is 0 Å². The Kier molecular flexibility index (Phi) is 5.32. The number of anilines is 3. The fraction of sp³-hybridized carbons (Fsp3) is 0.0833. The highest BCUT2D eigenvalue weighted by molar-refractivity contribution is 5.96.